The van der Waals surface area contributed by atoms with E-state index in [0.29, 0.717) is 29.9 Å². The lowest BCUT2D eigenvalue weighted by Crippen LogP contribution is -2.36. The Morgan fingerprint density at radius 3 is 1.97 bits per heavy atom. The molecule has 3 aromatic carbocycles. The van der Waals surface area contributed by atoms with Crippen molar-refractivity contribution >= 4 is 37.3 Å². The molecule has 36 heavy (non-hydrogen) atoms. The second-order valence-corrected chi connectivity index (χ2v) is 12.2. The van der Waals surface area contributed by atoms with Gasteiger partial charge in [-0.25, -0.2) is 25.5 Å². The molecular weight excluding hydrogens is 505 g/mol. The first-order valence-corrected chi connectivity index (χ1v) is 14.5. The summed E-state index contributed by atoms with van der Waals surface area (Å²) in [6.45, 7) is 1.09. The van der Waals surface area contributed by atoms with Gasteiger partial charge in [0.25, 0.3) is 15.9 Å². The summed E-state index contributed by atoms with van der Waals surface area (Å²) in [7, 11) is -7.28. The molecule has 4 rings (SSSR count). The molecule has 0 aliphatic carbocycles. The molecule has 8 nitrogen and oxygen atoms in total. The number of nitrogens with zero attached hydrogens (tertiary/aromatic N) is 1. The predicted octanol–water partition coefficient (Wildman–Crippen LogP) is 4.19. The molecule has 0 aromatic heterocycles. The van der Waals surface area contributed by atoms with Crippen LogP contribution in [0.4, 0.5) is 15.8 Å². The molecule has 2 N–H and O–H groups in total. The van der Waals surface area contributed by atoms with Gasteiger partial charge < -0.3 is 5.32 Å². The first kappa shape index (κ1) is 25.8. The highest BCUT2D eigenvalue weighted by Gasteiger charge is 2.24. The number of anilines is 2. The third-order valence-corrected chi connectivity index (χ3v) is 9.04. The number of hydrogen-bond acceptors (Lipinski definition) is 5. The molecule has 1 heterocycles. The number of halogens is 1. The van der Waals surface area contributed by atoms with E-state index >= 15 is 0 Å². The van der Waals surface area contributed by atoms with Crippen molar-refractivity contribution in [1.29, 1.82) is 0 Å². The number of hydrogen-bond donors (Lipinski definition) is 2. The van der Waals surface area contributed by atoms with Crippen LogP contribution in [-0.4, -0.2) is 40.1 Å². The summed E-state index contributed by atoms with van der Waals surface area (Å²) in [6, 6.07) is 16.9. The van der Waals surface area contributed by atoms with Crippen LogP contribution in [0.2, 0.25) is 0 Å². The molecule has 1 fully saturated rings. The lowest BCUT2D eigenvalue weighted by atomic mass is 10.1. The average Bonchev–Trinajstić information content (AvgIpc) is 2.86. The van der Waals surface area contributed by atoms with Crippen molar-refractivity contribution in [2.75, 3.05) is 23.1 Å². The highest BCUT2D eigenvalue weighted by atomic mass is 32.2. The Bertz CT molecular complexity index is 1420. The van der Waals surface area contributed by atoms with E-state index in [1.54, 1.807) is 24.3 Å². The molecule has 0 radical (unpaired) electrons. The van der Waals surface area contributed by atoms with Gasteiger partial charge in [-0.2, -0.15) is 0 Å². The van der Waals surface area contributed by atoms with E-state index in [1.165, 1.54) is 40.7 Å². The molecule has 0 bridgehead atoms. The molecule has 0 unspecified atom stereocenters. The Kier molecular flexibility index (Phi) is 7.72. The summed E-state index contributed by atoms with van der Waals surface area (Å²) < 4.78 is 67.2. The summed E-state index contributed by atoms with van der Waals surface area (Å²) in [6.07, 6.45) is 2.78. The Morgan fingerprint density at radius 2 is 1.36 bits per heavy atom. The van der Waals surface area contributed by atoms with E-state index in [1.807, 2.05) is 0 Å². The lowest BCUT2D eigenvalue weighted by Gasteiger charge is -2.25. The Morgan fingerprint density at radius 1 is 0.778 bits per heavy atom. The fraction of sp³-hybridized carbons (Fsp3) is 0.240. The van der Waals surface area contributed by atoms with Crippen LogP contribution in [0.3, 0.4) is 0 Å². The third-order valence-electron chi connectivity index (χ3n) is 5.79. The topological polar surface area (TPSA) is 113 Å². The zero-order valence-corrected chi connectivity index (χ0v) is 21.0. The van der Waals surface area contributed by atoms with E-state index < -0.39 is 31.8 Å². The monoisotopic (exact) mass is 531 g/mol. The molecule has 0 spiro atoms. The minimum Gasteiger partial charge on any atom is -0.322 e. The summed E-state index contributed by atoms with van der Waals surface area (Å²) in [5, 5.41) is 2.69. The minimum absolute atomic E-state index is 0.0240. The molecule has 11 heteroatoms. The molecule has 1 aliphatic heterocycles. The molecule has 0 atom stereocenters. The van der Waals surface area contributed by atoms with Crippen LogP contribution in [-0.2, 0) is 25.8 Å². The summed E-state index contributed by atoms with van der Waals surface area (Å²) in [5.41, 5.74) is 1.54. The van der Waals surface area contributed by atoms with E-state index in [-0.39, 0.29) is 16.3 Å². The Balaban J connectivity index is 1.37. The maximum atomic E-state index is 13.0. The van der Waals surface area contributed by atoms with Crippen molar-refractivity contribution in [2.24, 2.45) is 0 Å². The van der Waals surface area contributed by atoms with Crippen LogP contribution in [0.15, 0.2) is 77.7 Å². The van der Waals surface area contributed by atoms with Crippen LogP contribution in [0.25, 0.3) is 0 Å². The fourth-order valence-electron chi connectivity index (χ4n) is 3.85. The number of amides is 1. The van der Waals surface area contributed by atoms with Gasteiger partial charge in [-0.1, -0.05) is 18.6 Å². The molecule has 1 aliphatic rings. The number of rotatable bonds is 8. The van der Waals surface area contributed by atoms with Crippen LogP contribution >= 0.6 is 0 Å². The SMILES string of the molecule is O=C(Nc1ccc(S(=O)(=O)Nc2ccc(F)cc2)cc1)c1ccc(CS(=O)(=O)N2CCCCC2)cc1. The van der Waals surface area contributed by atoms with Crippen molar-refractivity contribution in [1.82, 2.24) is 4.31 Å². The van der Waals surface area contributed by atoms with E-state index in [0.717, 1.165) is 31.4 Å². The predicted molar refractivity (Wildman–Crippen MR) is 136 cm³/mol. The highest BCUT2D eigenvalue weighted by molar-refractivity contribution is 7.92. The van der Waals surface area contributed by atoms with Gasteiger partial charge >= 0.3 is 0 Å². The van der Waals surface area contributed by atoms with Gasteiger partial charge in [0, 0.05) is 30.0 Å². The first-order valence-electron chi connectivity index (χ1n) is 11.4. The standard InChI is InChI=1S/C25H26FN3O5S2/c26-21-8-10-23(11-9-21)28-36(33,34)24-14-12-22(13-15-24)27-25(30)20-6-4-19(5-7-20)18-35(31,32)29-16-2-1-3-17-29/h4-15,28H,1-3,16-18H2,(H,27,30). The van der Waals surface area contributed by atoms with Crippen molar-refractivity contribution in [3.8, 4) is 0 Å². The quantitative estimate of drug-likeness (QED) is 0.453. The highest BCUT2D eigenvalue weighted by Crippen LogP contribution is 2.20. The third kappa shape index (κ3) is 6.48. The van der Waals surface area contributed by atoms with Gasteiger partial charge in [0.15, 0.2) is 0 Å². The summed E-state index contributed by atoms with van der Waals surface area (Å²) >= 11 is 0. The smallest absolute Gasteiger partial charge is 0.261 e. The minimum atomic E-state index is -3.89. The number of carbonyl (C=O) groups is 1. The van der Waals surface area contributed by atoms with Gasteiger partial charge in [-0.3, -0.25) is 9.52 Å². The van der Waals surface area contributed by atoms with Gasteiger partial charge in [0.2, 0.25) is 10.0 Å². The van der Waals surface area contributed by atoms with Crippen molar-refractivity contribution in [3.63, 3.8) is 0 Å². The number of carbonyl (C=O) groups excluding carboxylic acids is 1. The Labute approximate surface area is 210 Å². The molecule has 3 aromatic rings. The van der Waals surface area contributed by atoms with Crippen LogP contribution in [0, 0.1) is 5.82 Å². The number of nitrogens with one attached hydrogen (secondary N) is 2. The number of sulfonamides is 2. The molecular formula is C25H26FN3O5S2. The summed E-state index contributed by atoms with van der Waals surface area (Å²) in [5.74, 6) is -1.01. The van der Waals surface area contributed by atoms with Gasteiger partial charge in [-0.05, 0) is 79.1 Å². The van der Waals surface area contributed by atoms with Crippen molar-refractivity contribution in [2.45, 2.75) is 29.9 Å². The zero-order chi connectivity index (χ0) is 25.8. The maximum Gasteiger partial charge on any atom is 0.261 e. The number of benzene rings is 3. The van der Waals surface area contributed by atoms with Crippen LogP contribution in [0.5, 0.6) is 0 Å². The van der Waals surface area contributed by atoms with E-state index in [9.17, 15) is 26.0 Å². The molecule has 1 saturated heterocycles. The molecule has 0 saturated carbocycles. The first-order chi connectivity index (χ1) is 17.1. The van der Waals surface area contributed by atoms with E-state index in [2.05, 4.69) is 10.0 Å². The maximum absolute atomic E-state index is 13.0. The van der Waals surface area contributed by atoms with Crippen molar-refractivity contribution in [3.05, 3.63) is 89.7 Å². The second-order valence-electron chi connectivity index (χ2n) is 8.50. The van der Waals surface area contributed by atoms with Gasteiger partial charge in [0.1, 0.15) is 5.82 Å². The van der Waals surface area contributed by atoms with Crippen LogP contribution < -0.4 is 10.0 Å². The van der Waals surface area contributed by atoms with E-state index in [4.69, 9.17) is 0 Å². The second kappa shape index (κ2) is 10.8. The number of piperidine rings is 1. The van der Waals surface area contributed by atoms with Crippen molar-refractivity contribution < 1.29 is 26.0 Å². The van der Waals surface area contributed by atoms with Gasteiger partial charge in [-0.15, -0.1) is 0 Å². The largest absolute Gasteiger partial charge is 0.322 e. The van der Waals surface area contributed by atoms with Crippen LogP contribution in [0.1, 0.15) is 35.2 Å². The normalized spacial score (nSPS) is 14.8. The average molecular weight is 532 g/mol. The molecule has 190 valence electrons. The fourth-order valence-corrected chi connectivity index (χ4v) is 6.52. The Hall–Kier alpha value is -3.28. The molecule has 1 amide bonds. The summed E-state index contributed by atoms with van der Waals surface area (Å²) in [4.78, 5) is 12.6. The van der Waals surface area contributed by atoms with Gasteiger partial charge in [0.05, 0.1) is 10.6 Å². The zero-order valence-electron chi connectivity index (χ0n) is 19.4. The lowest BCUT2D eigenvalue weighted by molar-refractivity contribution is 0.102.